The maximum Gasteiger partial charge on any atom is 0.416 e. The second-order valence-corrected chi connectivity index (χ2v) is 9.04. The molecule has 1 atom stereocenters. The predicted octanol–water partition coefficient (Wildman–Crippen LogP) is 7.36. The summed E-state index contributed by atoms with van der Waals surface area (Å²) in [5.41, 5.74) is -0.138. The first-order chi connectivity index (χ1) is 17.0. The first-order valence-corrected chi connectivity index (χ1v) is 11.9. The van der Waals surface area contributed by atoms with Crippen LogP contribution in [-0.4, -0.2) is 29.5 Å². The lowest BCUT2D eigenvalue weighted by Crippen LogP contribution is -2.14. The first-order valence-electron chi connectivity index (χ1n) is 10.9. The lowest BCUT2D eigenvalue weighted by atomic mass is 10.2. The van der Waals surface area contributed by atoms with Crippen LogP contribution in [0.15, 0.2) is 65.6 Å². The molecule has 0 aliphatic carbocycles. The van der Waals surface area contributed by atoms with Gasteiger partial charge in [-0.2, -0.15) is 13.2 Å². The van der Waals surface area contributed by atoms with E-state index in [9.17, 15) is 22.4 Å². The molecule has 0 spiro atoms. The lowest BCUT2D eigenvalue weighted by molar-refractivity contribution is -0.139. The largest absolute Gasteiger partial charge is 0.487 e. The quantitative estimate of drug-likeness (QED) is 0.209. The van der Waals surface area contributed by atoms with Gasteiger partial charge < -0.3 is 19.3 Å². The first kappa shape index (κ1) is 27.2. The van der Waals surface area contributed by atoms with Crippen LogP contribution >= 0.6 is 11.8 Å². The van der Waals surface area contributed by atoms with Crippen LogP contribution in [0.3, 0.4) is 0 Å². The number of hydrogen-bond donors (Lipinski definition) is 1. The Morgan fingerprint density at radius 3 is 2.39 bits per heavy atom. The number of hydrogen-bond acceptors (Lipinski definition) is 5. The van der Waals surface area contributed by atoms with Gasteiger partial charge in [0.05, 0.1) is 11.7 Å². The number of alkyl halides is 3. The summed E-state index contributed by atoms with van der Waals surface area (Å²) in [6.07, 6.45) is -4.42. The van der Waals surface area contributed by atoms with Gasteiger partial charge in [0.25, 0.3) is 0 Å². The van der Waals surface area contributed by atoms with Gasteiger partial charge in [-0.15, -0.1) is 11.8 Å². The van der Waals surface area contributed by atoms with Crippen molar-refractivity contribution in [1.82, 2.24) is 0 Å². The molecule has 0 bridgehead atoms. The Kier molecular flexibility index (Phi) is 9.08. The predicted molar refractivity (Wildman–Crippen MR) is 128 cm³/mol. The number of rotatable bonds is 11. The van der Waals surface area contributed by atoms with Crippen molar-refractivity contribution in [2.24, 2.45) is 0 Å². The Bertz CT molecular complexity index is 1200. The number of aliphatic carboxylic acids is 1. The summed E-state index contributed by atoms with van der Waals surface area (Å²) in [6.45, 7) is 3.17. The maximum absolute atomic E-state index is 14.0. The van der Waals surface area contributed by atoms with Crippen LogP contribution in [0, 0.1) is 12.7 Å². The van der Waals surface area contributed by atoms with E-state index < -0.39 is 30.1 Å². The molecule has 3 aromatic carbocycles. The summed E-state index contributed by atoms with van der Waals surface area (Å²) in [5.74, 6) is -1.02. The molecule has 0 saturated carbocycles. The third kappa shape index (κ3) is 7.81. The van der Waals surface area contributed by atoms with Crippen molar-refractivity contribution in [1.29, 1.82) is 0 Å². The van der Waals surface area contributed by atoms with E-state index in [0.29, 0.717) is 17.9 Å². The van der Waals surface area contributed by atoms with Crippen molar-refractivity contribution >= 4 is 17.7 Å². The average molecular weight is 525 g/mol. The van der Waals surface area contributed by atoms with Crippen LogP contribution in [0.1, 0.15) is 24.5 Å². The molecule has 0 radical (unpaired) electrons. The molecular formula is C26H24F4O5S. The average Bonchev–Trinajstić information content (AvgIpc) is 2.80. The summed E-state index contributed by atoms with van der Waals surface area (Å²) in [6, 6.07) is 13.7. The Hall–Kier alpha value is -3.40. The highest BCUT2D eigenvalue weighted by molar-refractivity contribution is 7.99. The molecule has 5 nitrogen and oxygen atoms in total. The second kappa shape index (κ2) is 12.0. The maximum atomic E-state index is 14.0. The minimum atomic E-state index is -4.60. The van der Waals surface area contributed by atoms with Gasteiger partial charge in [0.1, 0.15) is 5.75 Å². The highest BCUT2D eigenvalue weighted by Gasteiger charge is 2.32. The van der Waals surface area contributed by atoms with Crippen molar-refractivity contribution in [2.45, 2.75) is 37.4 Å². The zero-order valence-corrected chi connectivity index (χ0v) is 20.3. The molecule has 1 N–H and O–H groups in total. The molecule has 0 heterocycles. The van der Waals surface area contributed by atoms with Crippen LogP contribution < -0.4 is 14.2 Å². The van der Waals surface area contributed by atoms with Gasteiger partial charge in [-0.05, 0) is 74.4 Å². The van der Waals surface area contributed by atoms with Gasteiger partial charge in [-0.1, -0.05) is 12.1 Å². The third-order valence-electron chi connectivity index (χ3n) is 4.95. The van der Waals surface area contributed by atoms with E-state index in [1.165, 1.54) is 36.0 Å². The molecular weight excluding hydrogens is 500 g/mol. The van der Waals surface area contributed by atoms with E-state index in [2.05, 4.69) is 0 Å². The zero-order valence-electron chi connectivity index (χ0n) is 19.5. The molecule has 36 heavy (non-hydrogen) atoms. The molecule has 3 rings (SSSR count). The van der Waals surface area contributed by atoms with Gasteiger partial charge in [0.15, 0.2) is 29.7 Å². The number of halogens is 4. The molecule has 0 aromatic heterocycles. The molecule has 3 aromatic rings. The fourth-order valence-electron chi connectivity index (χ4n) is 3.14. The van der Waals surface area contributed by atoms with Crippen molar-refractivity contribution < 1.29 is 41.7 Å². The molecule has 192 valence electrons. The number of para-hydroxylation sites is 1. The van der Waals surface area contributed by atoms with E-state index in [1.807, 2.05) is 19.1 Å². The monoisotopic (exact) mass is 524 g/mol. The molecule has 0 fully saturated rings. The summed E-state index contributed by atoms with van der Waals surface area (Å²) in [4.78, 5) is 11.6. The number of aryl methyl sites for hydroxylation is 1. The van der Waals surface area contributed by atoms with Crippen molar-refractivity contribution in [2.75, 3.05) is 12.4 Å². The highest BCUT2D eigenvalue weighted by Crippen LogP contribution is 2.39. The smallest absolute Gasteiger partial charge is 0.416 e. The Balaban J connectivity index is 1.64. The number of carboxylic acid groups (broad SMARTS) is 1. The van der Waals surface area contributed by atoms with Gasteiger partial charge in [-0.25, -0.2) is 9.18 Å². The lowest BCUT2D eigenvalue weighted by Gasteiger charge is -2.19. The van der Waals surface area contributed by atoms with E-state index in [1.54, 1.807) is 13.0 Å². The Labute approximate surface area is 210 Å². The van der Waals surface area contributed by atoms with Crippen LogP contribution in [0.25, 0.3) is 0 Å². The van der Waals surface area contributed by atoms with Crippen LogP contribution in [0.2, 0.25) is 0 Å². The van der Waals surface area contributed by atoms with E-state index in [4.69, 9.17) is 19.3 Å². The fourth-order valence-corrected chi connectivity index (χ4v) is 4.25. The van der Waals surface area contributed by atoms with Crippen LogP contribution in [0.4, 0.5) is 17.6 Å². The zero-order chi connectivity index (χ0) is 26.3. The van der Waals surface area contributed by atoms with Crippen LogP contribution in [0.5, 0.6) is 23.0 Å². The van der Waals surface area contributed by atoms with E-state index in [0.717, 1.165) is 28.7 Å². The van der Waals surface area contributed by atoms with Crippen molar-refractivity contribution in [3.8, 4) is 23.0 Å². The molecule has 0 amide bonds. The molecule has 0 aliphatic heterocycles. The second-order valence-electron chi connectivity index (χ2n) is 7.87. The summed E-state index contributed by atoms with van der Waals surface area (Å²) >= 11 is 1.54. The number of carboxylic acids is 1. The van der Waals surface area contributed by atoms with E-state index in [-0.39, 0.29) is 23.4 Å². The van der Waals surface area contributed by atoms with Crippen LogP contribution in [-0.2, 0) is 11.0 Å². The van der Waals surface area contributed by atoms with Gasteiger partial charge >= 0.3 is 12.1 Å². The highest BCUT2D eigenvalue weighted by atomic mass is 32.2. The van der Waals surface area contributed by atoms with Crippen molar-refractivity contribution in [3.63, 3.8) is 0 Å². The van der Waals surface area contributed by atoms with Crippen molar-refractivity contribution in [3.05, 3.63) is 77.6 Å². The van der Waals surface area contributed by atoms with Gasteiger partial charge in [0.2, 0.25) is 0 Å². The number of ether oxygens (including phenoxy) is 3. The number of thioether (sulfide) groups is 1. The molecule has 10 heteroatoms. The van der Waals surface area contributed by atoms with E-state index >= 15 is 0 Å². The summed E-state index contributed by atoms with van der Waals surface area (Å²) in [7, 11) is 0. The normalized spacial score (nSPS) is 12.2. The van der Waals surface area contributed by atoms with Gasteiger partial charge in [-0.3, -0.25) is 0 Å². The Morgan fingerprint density at radius 2 is 1.72 bits per heavy atom. The topological polar surface area (TPSA) is 65.0 Å². The molecule has 0 saturated heterocycles. The number of benzene rings is 3. The standard InChI is InChI=1S/C26H24F4O5S/c1-16-13-19(8-10-21(16)33-15-25(31)32)36-12-11-17(2)34-23-9-7-18(26(28,29)30)14-24(23)35-22-6-4-3-5-20(22)27/h3-10,13-14,17H,11-12,15H2,1-2H3,(H,31,32)/t17-/m1/s1. The molecule has 0 unspecified atom stereocenters. The summed E-state index contributed by atoms with van der Waals surface area (Å²) in [5, 5.41) is 8.73. The third-order valence-corrected chi connectivity index (χ3v) is 5.97. The SMILES string of the molecule is Cc1cc(SCC[C@@H](C)Oc2ccc(C(F)(F)F)cc2Oc2ccccc2F)ccc1OCC(=O)O. The Morgan fingerprint density at radius 1 is 1.00 bits per heavy atom. The minimum Gasteiger partial charge on any atom is -0.487 e. The molecule has 0 aliphatic rings. The minimum absolute atomic E-state index is 0.0690. The summed E-state index contributed by atoms with van der Waals surface area (Å²) < 4.78 is 70.3. The fraction of sp³-hybridized carbons (Fsp3) is 0.269. The van der Waals surface area contributed by atoms with Gasteiger partial charge in [0, 0.05) is 10.6 Å². The number of carbonyl (C=O) groups is 1.